The van der Waals surface area contributed by atoms with Crippen molar-refractivity contribution in [3.05, 3.63) is 72.0 Å². The second-order valence-corrected chi connectivity index (χ2v) is 14.3. The lowest BCUT2D eigenvalue weighted by Gasteiger charge is -2.12. The topological polar surface area (TPSA) is 321 Å². The second-order valence-electron chi connectivity index (χ2n) is 9.69. The number of amides is 1. The molecule has 2 heterocycles. The Morgan fingerprint density at radius 2 is 1.28 bits per heavy atom. The summed E-state index contributed by atoms with van der Waals surface area (Å²) in [5.74, 6) is -3.14. The molecular formula is C25H18ClN9O12S3. The fourth-order valence-electron chi connectivity index (χ4n) is 4.09. The summed E-state index contributed by atoms with van der Waals surface area (Å²) >= 11 is 6.01. The maximum absolute atomic E-state index is 13.1. The predicted molar refractivity (Wildman–Crippen MR) is 171 cm³/mol. The van der Waals surface area contributed by atoms with Crippen molar-refractivity contribution in [1.29, 1.82) is 0 Å². The van der Waals surface area contributed by atoms with E-state index in [4.69, 9.17) is 16.2 Å². The summed E-state index contributed by atoms with van der Waals surface area (Å²) in [6.07, 6.45) is 0. The Bertz CT molecular complexity index is 2430. The molecule has 0 radical (unpaired) electrons. The number of aromatic nitrogens is 3. The number of carbonyl (C=O) groups is 2. The summed E-state index contributed by atoms with van der Waals surface area (Å²) in [5, 5.41) is 26.5. The largest absolute Gasteiger partial charge is 0.477 e. The van der Waals surface area contributed by atoms with E-state index in [9.17, 15) is 49.1 Å². The molecule has 1 amide bonds. The van der Waals surface area contributed by atoms with Crippen molar-refractivity contribution in [2.45, 2.75) is 20.7 Å². The van der Waals surface area contributed by atoms with Crippen LogP contribution >= 0.6 is 11.6 Å². The predicted octanol–water partition coefficient (Wildman–Crippen LogP) is 2.69. The zero-order valence-electron chi connectivity index (χ0n) is 24.2. The lowest BCUT2D eigenvalue weighted by molar-refractivity contribution is -0.130. The highest BCUT2D eigenvalue weighted by Gasteiger charge is 2.41. The molecule has 0 saturated carbocycles. The van der Waals surface area contributed by atoms with Gasteiger partial charge in [0.15, 0.2) is 5.71 Å². The molecule has 1 unspecified atom stereocenters. The number of hydrazone groups is 1. The molecule has 5 rings (SSSR count). The van der Waals surface area contributed by atoms with Crippen LogP contribution in [0.5, 0.6) is 0 Å². The van der Waals surface area contributed by atoms with Crippen molar-refractivity contribution in [2.24, 2.45) is 15.3 Å². The van der Waals surface area contributed by atoms with Crippen molar-refractivity contribution in [1.82, 2.24) is 15.0 Å². The maximum Gasteiger partial charge on any atom is 0.355 e. The molecule has 0 aliphatic carbocycles. The number of hydrogen-bond acceptors (Lipinski definition) is 16. The van der Waals surface area contributed by atoms with Crippen LogP contribution in [0.3, 0.4) is 0 Å². The van der Waals surface area contributed by atoms with Crippen molar-refractivity contribution in [2.75, 3.05) is 15.6 Å². The Balaban J connectivity index is 1.42. The van der Waals surface area contributed by atoms with Crippen LogP contribution in [0.1, 0.15) is 0 Å². The number of halogens is 1. The highest BCUT2D eigenvalue weighted by Crippen LogP contribution is 2.31. The third-order valence-corrected chi connectivity index (χ3v) is 9.10. The van der Waals surface area contributed by atoms with Gasteiger partial charge < -0.3 is 15.7 Å². The van der Waals surface area contributed by atoms with E-state index < -0.39 is 69.5 Å². The number of carboxylic acids is 1. The molecule has 0 spiro atoms. The van der Waals surface area contributed by atoms with Crippen molar-refractivity contribution >= 4 is 94.2 Å². The van der Waals surface area contributed by atoms with Gasteiger partial charge in [0.2, 0.25) is 23.2 Å². The van der Waals surface area contributed by atoms with Crippen LogP contribution in [-0.2, 0) is 39.9 Å². The number of rotatable bonds is 11. The molecule has 50 heavy (non-hydrogen) atoms. The van der Waals surface area contributed by atoms with Gasteiger partial charge in [-0.2, -0.15) is 60.5 Å². The minimum Gasteiger partial charge on any atom is -0.477 e. The van der Waals surface area contributed by atoms with E-state index in [-0.39, 0.29) is 39.1 Å². The molecule has 4 aromatic rings. The summed E-state index contributed by atoms with van der Waals surface area (Å²) in [5.41, 5.74) is -1.23. The van der Waals surface area contributed by atoms with Crippen LogP contribution in [0.15, 0.2) is 96.7 Å². The first-order chi connectivity index (χ1) is 23.3. The molecule has 260 valence electrons. The summed E-state index contributed by atoms with van der Waals surface area (Å²) in [7, 11) is -14.0. The Labute approximate surface area is 285 Å². The molecule has 1 atom stereocenters. The summed E-state index contributed by atoms with van der Waals surface area (Å²) in [6, 6.07) is 9.95. The van der Waals surface area contributed by atoms with E-state index in [1.807, 2.05) is 0 Å². The summed E-state index contributed by atoms with van der Waals surface area (Å²) < 4.78 is 97.5. The van der Waals surface area contributed by atoms with Crippen LogP contribution in [0.4, 0.5) is 34.6 Å². The monoisotopic (exact) mass is 767 g/mol. The van der Waals surface area contributed by atoms with Crippen LogP contribution < -0.4 is 15.6 Å². The lowest BCUT2D eigenvalue weighted by Crippen LogP contribution is -2.33. The second kappa shape index (κ2) is 13.4. The van der Waals surface area contributed by atoms with E-state index in [0.29, 0.717) is 5.01 Å². The van der Waals surface area contributed by atoms with Crippen LogP contribution in [0, 0.1) is 0 Å². The Morgan fingerprint density at radius 1 is 0.760 bits per heavy atom. The Kier molecular flexibility index (Phi) is 9.61. The molecule has 1 aliphatic heterocycles. The highest BCUT2D eigenvalue weighted by atomic mass is 35.5. The number of anilines is 5. The first-order valence-electron chi connectivity index (χ1n) is 13.1. The molecule has 1 aliphatic rings. The molecule has 3 aromatic carbocycles. The number of hydrogen-bond donors (Lipinski definition) is 6. The van der Waals surface area contributed by atoms with Crippen molar-refractivity contribution in [3.8, 4) is 0 Å². The molecule has 25 heteroatoms. The average Bonchev–Trinajstić information content (AvgIpc) is 3.34. The van der Waals surface area contributed by atoms with Gasteiger partial charge in [-0.1, -0.05) is 0 Å². The SMILES string of the molecule is O=C(O)C1=NN(c2ccc(S(=O)(=O)O)cc2)C(=O)C1N=Nc1cc(Nc2nc(Cl)nc(Nc3ccc(S(=O)(=O)O)cc3)n2)ccc1S(=O)(=O)O. The fraction of sp³-hybridized carbons (Fsp3) is 0.0400. The molecule has 6 N–H and O–H groups in total. The van der Waals surface area contributed by atoms with E-state index >= 15 is 0 Å². The van der Waals surface area contributed by atoms with Crippen LogP contribution in [0.2, 0.25) is 5.28 Å². The minimum atomic E-state index is -4.96. The van der Waals surface area contributed by atoms with Crippen molar-refractivity contribution < 1.29 is 53.6 Å². The molecule has 0 saturated heterocycles. The number of nitrogens with zero attached hydrogens (tertiary/aromatic N) is 7. The van der Waals surface area contributed by atoms with E-state index in [0.717, 1.165) is 54.6 Å². The zero-order valence-corrected chi connectivity index (χ0v) is 27.4. The molecule has 1 aromatic heterocycles. The number of benzene rings is 3. The van der Waals surface area contributed by atoms with Crippen molar-refractivity contribution in [3.63, 3.8) is 0 Å². The third kappa shape index (κ3) is 8.20. The molecular weight excluding hydrogens is 750 g/mol. The standard InChI is InChI=1S/C25H18ClN9O12S3/c26-23-29-24(27-12-1-6-15(7-2-12)48(39,40)41)31-25(30-23)28-13-3-10-18(50(45,46)47)17(11-13)32-33-19-20(22(37)38)34-35(21(19)36)14-4-8-16(9-5-14)49(42,43)44/h1-11,19H,(H,37,38)(H,39,40,41)(H,42,43,44)(H,45,46,47)(H2,27,28,29,30,31). The third-order valence-electron chi connectivity index (χ3n) is 6.30. The van der Waals surface area contributed by atoms with Gasteiger partial charge in [0, 0.05) is 11.4 Å². The van der Waals surface area contributed by atoms with Crippen LogP contribution in [-0.4, -0.2) is 82.6 Å². The summed E-state index contributed by atoms with van der Waals surface area (Å²) in [6.45, 7) is 0. The van der Waals surface area contributed by atoms with Gasteiger partial charge in [-0.25, -0.2) is 4.79 Å². The number of carboxylic acid groups (broad SMARTS) is 1. The van der Waals surface area contributed by atoms with Gasteiger partial charge in [0.25, 0.3) is 36.3 Å². The van der Waals surface area contributed by atoms with Gasteiger partial charge >= 0.3 is 5.97 Å². The molecule has 0 fully saturated rings. The van der Waals surface area contributed by atoms with Gasteiger partial charge in [-0.3, -0.25) is 18.5 Å². The van der Waals surface area contributed by atoms with Gasteiger partial charge in [-0.05, 0) is 78.3 Å². The lowest BCUT2D eigenvalue weighted by atomic mass is 10.2. The minimum absolute atomic E-state index is 0.0162. The van der Waals surface area contributed by atoms with E-state index in [1.165, 1.54) is 12.1 Å². The first-order valence-corrected chi connectivity index (χ1v) is 17.8. The number of aliphatic carboxylic acids is 1. The normalized spacial score (nSPS) is 15.3. The zero-order chi connectivity index (χ0) is 36.6. The fourth-order valence-corrected chi connectivity index (χ4v) is 5.82. The Hall–Kier alpha value is -5.50. The first kappa shape index (κ1) is 35.8. The van der Waals surface area contributed by atoms with E-state index in [1.54, 1.807) is 0 Å². The summed E-state index contributed by atoms with van der Waals surface area (Å²) in [4.78, 5) is 35.3. The smallest absolute Gasteiger partial charge is 0.355 e. The van der Waals surface area contributed by atoms with Gasteiger partial charge in [0.1, 0.15) is 10.6 Å². The average molecular weight is 768 g/mol. The van der Waals surface area contributed by atoms with Crippen LogP contribution in [0.25, 0.3) is 0 Å². The quantitative estimate of drug-likeness (QED) is 0.0943. The van der Waals surface area contributed by atoms with Gasteiger partial charge in [-0.15, -0.1) is 0 Å². The van der Waals surface area contributed by atoms with Gasteiger partial charge in [0.05, 0.1) is 15.5 Å². The maximum atomic E-state index is 13.1. The van der Waals surface area contributed by atoms with E-state index in [2.05, 4.69) is 40.9 Å². The number of nitrogens with one attached hydrogen (secondary N) is 2. The Morgan fingerprint density at radius 3 is 1.80 bits per heavy atom. The molecule has 0 bridgehead atoms. The molecule has 21 nitrogen and oxygen atoms in total. The number of azo groups is 1. The highest BCUT2D eigenvalue weighted by molar-refractivity contribution is 7.86. The number of carbonyl (C=O) groups excluding carboxylic acids is 1.